The molecule has 0 unspecified atom stereocenters. The fourth-order valence-electron chi connectivity index (χ4n) is 2.28. The number of hydrogen-bond donors (Lipinski definition) is 2. The first-order chi connectivity index (χ1) is 12.5. The van der Waals surface area contributed by atoms with Gasteiger partial charge >= 0.3 is 0 Å². The largest absolute Gasteiger partial charge is 0.493 e. The van der Waals surface area contributed by atoms with Gasteiger partial charge in [-0.15, -0.1) is 0 Å². The van der Waals surface area contributed by atoms with Crippen LogP contribution in [0.3, 0.4) is 0 Å². The number of carbonyl (C=O) groups is 1. The molecule has 0 heterocycles. The quantitative estimate of drug-likeness (QED) is 0.266. The van der Waals surface area contributed by atoms with Gasteiger partial charge in [-0.1, -0.05) is 12.1 Å². The van der Waals surface area contributed by atoms with Crippen LogP contribution in [-0.4, -0.2) is 38.1 Å². The van der Waals surface area contributed by atoms with Crippen LogP contribution in [0.5, 0.6) is 11.5 Å². The number of para-hydroxylation sites is 2. The Bertz CT molecular complexity index is 813. The van der Waals surface area contributed by atoms with Crippen molar-refractivity contribution in [2.75, 3.05) is 32.6 Å². The van der Waals surface area contributed by atoms with Crippen LogP contribution in [0, 0.1) is 13.7 Å². The van der Waals surface area contributed by atoms with Crippen molar-refractivity contribution >= 4 is 39.9 Å². The van der Waals surface area contributed by atoms with Crippen LogP contribution in [-0.2, 0) is 0 Å². The number of anilines is 1. The third kappa shape index (κ3) is 4.75. The first kappa shape index (κ1) is 19.8. The lowest BCUT2D eigenvalue weighted by Crippen LogP contribution is -2.29. The molecule has 26 heavy (non-hydrogen) atoms. The highest BCUT2D eigenvalue weighted by Crippen LogP contribution is 2.31. The van der Waals surface area contributed by atoms with E-state index in [0.29, 0.717) is 35.8 Å². The molecule has 0 saturated carbocycles. The molecule has 2 rings (SSSR count). The fraction of sp³-hybridized carbons (Fsp3) is 0.235. The monoisotopic (exact) mass is 471 g/mol. The van der Waals surface area contributed by atoms with Crippen LogP contribution in [0.1, 0.15) is 10.4 Å². The molecule has 0 aliphatic carbocycles. The second kappa shape index (κ2) is 9.22. The van der Waals surface area contributed by atoms with E-state index in [1.54, 1.807) is 30.3 Å². The van der Waals surface area contributed by atoms with E-state index in [-0.39, 0.29) is 11.6 Å². The summed E-state index contributed by atoms with van der Waals surface area (Å²) in [5.74, 6) is 0.752. The highest BCUT2D eigenvalue weighted by atomic mass is 127. The zero-order chi connectivity index (χ0) is 19.1. The van der Waals surface area contributed by atoms with Crippen molar-refractivity contribution in [1.82, 2.24) is 5.32 Å². The molecule has 2 N–H and O–H groups in total. The average molecular weight is 471 g/mol. The SMILES string of the molecule is COc1cc(I)c(C(=O)NCCNc2ccccc2[N+](=O)[O-])cc1OC. The predicted molar refractivity (Wildman–Crippen MR) is 106 cm³/mol. The number of halogens is 1. The van der Waals surface area contributed by atoms with Gasteiger partial charge in [-0.2, -0.15) is 0 Å². The van der Waals surface area contributed by atoms with E-state index in [9.17, 15) is 14.9 Å². The van der Waals surface area contributed by atoms with Crippen LogP contribution >= 0.6 is 22.6 Å². The lowest BCUT2D eigenvalue weighted by Gasteiger charge is -2.12. The van der Waals surface area contributed by atoms with E-state index in [1.165, 1.54) is 20.3 Å². The number of nitro groups is 1. The van der Waals surface area contributed by atoms with Crippen LogP contribution in [0.25, 0.3) is 0 Å². The molecule has 0 aromatic heterocycles. The van der Waals surface area contributed by atoms with E-state index >= 15 is 0 Å². The van der Waals surface area contributed by atoms with Gasteiger partial charge in [0.15, 0.2) is 11.5 Å². The van der Waals surface area contributed by atoms with Crippen LogP contribution < -0.4 is 20.1 Å². The lowest BCUT2D eigenvalue weighted by molar-refractivity contribution is -0.384. The zero-order valence-electron chi connectivity index (χ0n) is 14.2. The number of nitro benzene ring substituents is 1. The second-order valence-corrected chi connectivity index (χ2v) is 6.31. The van der Waals surface area contributed by atoms with Crippen molar-refractivity contribution in [2.45, 2.75) is 0 Å². The molecule has 1 amide bonds. The first-order valence-electron chi connectivity index (χ1n) is 7.65. The number of rotatable bonds is 8. The molecule has 0 spiro atoms. The summed E-state index contributed by atoms with van der Waals surface area (Å²) in [4.78, 5) is 22.9. The number of nitrogens with zero attached hydrogens (tertiary/aromatic N) is 1. The van der Waals surface area contributed by atoms with Gasteiger partial charge in [-0.05, 0) is 40.8 Å². The van der Waals surface area contributed by atoms with E-state index in [1.807, 2.05) is 0 Å². The minimum atomic E-state index is -0.451. The van der Waals surface area contributed by atoms with Crippen molar-refractivity contribution in [3.63, 3.8) is 0 Å². The Hall–Kier alpha value is -2.56. The second-order valence-electron chi connectivity index (χ2n) is 5.14. The molecule has 2 aromatic rings. The van der Waals surface area contributed by atoms with Gasteiger partial charge in [-0.25, -0.2) is 0 Å². The molecule has 9 heteroatoms. The summed E-state index contributed by atoms with van der Waals surface area (Å²) in [7, 11) is 3.03. The number of methoxy groups -OCH3 is 2. The molecule has 0 aliphatic heterocycles. The van der Waals surface area contributed by atoms with Gasteiger partial charge in [0.25, 0.3) is 11.6 Å². The minimum absolute atomic E-state index is 0.00624. The van der Waals surface area contributed by atoms with Crippen LogP contribution in [0.4, 0.5) is 11.4 Å². The standard InChI is InChI=1S/C17H18IN3O5/c1-25-15-9-11(12(18)10-16(15)26-2)17(22)20-8-7-19-13-5-3-4-6-14(13)21(23)24/h3-6,9-10,19H,7-8H2,1-2H3,(H,20,22). The third-order valence-corrected chi connectivity index (χ3v) is 4.44. The summed E-state index contributed by atoms with van der Waals surface area (Å²) in [6.07, 6.45) is 0. The van der Waals surface area contributed by atoms with E-state index in [2.05, 4.69) is 33.2 Å². The zero-order valence-corrected chi connectivity index (χ0v) is 16.4. The molecule has 0 fully saturated rings. The molecule has 0 aliphatic rings. The minimum Gasteiger partial charge on any atom is -0.493 e. The first-order valence-corrected chi connectivity index (χ1v) is 8.72. The number of carbonyl (C=O) groups excluding carboxylic acids is 1. The van der Waals surface area contributed by atoms with Crippen molar-refractivity contribution in [3.05, 3.63) is 55.6 Å². The molecule has 0 radical (unpaired) electrons. The van der Waals surface area contributed by atoms with Crippen molar-refractivity contribution in [1.29, 1.82) is 0 Å². The Kier molecular flexibility index (Phi) is 7.01. The van der Waals surface area contributed by atoms with Gasteiger partial charge in [0.1, 0.15) is 5.69 Å². The molecule has 0 bridgehead atoms. The molecule has 138 valence electrons. The number of ether oxygens (including phenoxy) is 2. The molecular weight excluding hydrogens is 453 g/mol. The molecule has 8 nitrogen and oxygen atoms in total. The number of hydrogen-bond acceptors (Lipinski definition) is 6. The Morgan fingerprint density at radius 2 is 1.81 bits per heavy atom. The van der Waals surface area contributed by atoms with Crippen molar-refractivity contribution < 1.29 is 19.2 Å². The van der Waals surface area contributed by atoms with Crippen molar-refractivity contribution in [3.8, 4) is 11.5 Å². The van der Waals surface area contributed by atoms with Gasteiger partial charge in [-0.3, -0.25) is 14.9 Å². The van der Waals surface area contributed by atoms with Gasteiger partial charge in [0.2, 0.25) is 0 Å². The fourth-order valence-corrected chi connectivity index (χ4v) is 2.96. The van der Waals surface area contributed by atoms with E-state index in [4.69, 9.17) is 9.47 Å². The number of amides is 1. The Labute approximate surface area is 164 Å². The van der Waals surface area contributed by atoms with Crippen molar-refractivity contribution in [2.24, 2.45) is 0 Å². The van der Waals surface area contributed by atoms with Gasteiger partial charge in [0, 0.05) is 22.7 Å². The molecule has 0 atom stereocenters. The Morgan fingerprint density at radius 1 is 1.15 bits per heavy atom. The van der Waals surface area contributed by atoms with E-state index in [0.717, 1.165) is 3.57 Å². The summed E-state index contributed by atoms with van der Waals surface area (Å²) in [5.41, 5.74) is 0.870. The number of benzene rings is 2. The van der Waals surface area contributed by atoms with Crippen LogP contribution in [0.15, 0.2) is 36.4 Å². The summed E-state index contributed by atoms with van der Waals surface area (Å²) in [6.45, 7) is 0.649. The normalized spacial score (nSPS) is 10.1. The third-order valence-electron chi connectivity index (χ3n) is 3.54. The summed E-state index contributed by atoms with van der Waals surface area (Å²) >= 11 is 2.05. The lowest BCUT2D eigenvalue weighted by atomic mass is 10.2. The summed E-state index contributed by atoms with van der Waals surface area (Å²) in [6, 6.07) is 9.69. The summed E-state index contributed by atoms with van der Waals surface area (Å²) in [5, 5.41) is 16.7. The predicted octanol–water partition coefficient (Wildman–Crippen LogP) is 3.06. The highest BCUT2D eigenvalue weighted by molar-refractivity contribution is 14.1. The highest BCUT2D eigenvalue weighted by Gasteiger charge is 2.15. The topological polar surface area (TPSA) is 103 Å². The maximum atomic E-state index is 12.4. The van der Waals surface area contributed by atoms with Gasteiger partial charge in [0.05, 0.1) is 24.7 Å². The smallest absolute Gasteiger partial charge is 0.292 e. The van der Waals surface area contributed by atoms with Crippen LogP contribution in [0.2, 0.25) is 0 Å². The Morgan fingerprint density at radius 3 is 2.46 bits per heavy atom. The Balaban J connectivity index is 1.97. The maximum Gasteiger partial charge on any atom is 0.292 e. The van der Waals surface area contributed by atoms with E-state index < -0.39 is 4.92 Å². The van der Waals surface area contributed by atoms with Gasteiger partial charge < -0.3 is 20.1 Å². The average Bonchev–Trinajstić information content (AvgIpc) is 2.64. The maximum absolute atomic E-state index is 12.4. The number of nitrogens with one attached hydrogen (secondary N) is 2. The summed E-state index contributed by atoms with van der Waals surface area (Å²) < 4.78 is 11.1. The molecule has 2 aromatic carbocycles. The molecular formula is C17H18IN3O5. The molecule has 0 saturated heterocycles.